The second-order valence-corrected chi connectivity index (χ2v) is 8.23. The van der Waals surface area contributed by atoms with Gasteiger partial charge >= 0.3 is 0 Å². The minimum Gasteiger partial charge on any atom is -0.343 e. The van der Waals surface area contributed by atoms with Crippen LogP contribution >= 0.6 is 0 Å². The van der Waals surface area contributed by atoms with Crippen molar-refractivity contribution in [3.8, 4) is 0 Å². The molecule has 1 amide bonds. The number of benzene rings is 1. The molecule has 0 unspecified atom stereocenters. The van der Waals surface area contributed by atoms with Crippen LogP contribution in [0.15, 0.2) is 24.3 Å². The van der Waals surface area contributed by atoms with Crippen molar-refractivity contribution in [2.45, 2.75) is 37.9 Å². The molecule has 0 aliphatic carbocycles. The molecule has 0 saturated carbocycles. The molecule has 22 heavy (non-hydrogen) atoms. The van der Waals surface area contributed by atoms with E-state index >= 15 is 0 Å². The number of amides is 1. The summed E-state index contributed by atoms with van der Waals surface area (Å²) in [5, 5.41) is -0.307. The Morgan fingerprint density at radius 1 is 1.23 bits per heavy atom. The summed E-state index contributed by atoms with van der Waals surface area (Å²) in [4.78, 5) is 13.9. The summed E-state index contributed by atoms with van der Waals surface area (Å²) in [5.74, 6) is -0.0816. The van der Waals surface area contributed by atoms with Crippen molar-refractivity contribution < 1.29 is 17.6 Å². The summed E-state index contributed by atoms with van der Waals surface area (Å²) in [6, 6.07) is 6.15. The molecule has 2 rings (SSSR count). The fraction of sp³-hybridized carbons (Fsp3) is 0.562. The molecule has 1 fully saturated rings. The largest absolute Gasteiger partial charge is 0.343 e. The Bertz CT molecular complexity index is 605. The van der Waals surface area contributed by atoms with E-state index in [2.05, 4.69) is 0 Å². The maximum Gasteiger partial charge on any atom is 0.222 e. The van der Waals surface area contributed by atoms with Crippen LogP contribution in [0.2, 0.25) is 0 Å². The lowest BCUT2D eigenvalue weighted by Gasteiger charge is -2.31. The maximum atomic E-state index is 12.8. The second kappa shape index (κ2) is 7.22. The van der Waals surface area contributed by atoms with Gasteiger partial charge in [-0.3, -0.25) is 4.79 Å². The average molecular weight is 327 g/mol. The zero-order valence-corrected chi connectivity index (χ0v) is 13.6. The van der Waals surface area contributed by atoms with Crippen LogP contribution in [0.1, 0.15) is 31.7 Å². The van der Waals surface area contributed by atoms with Gasteiger partial charge in [0.2, 0.25) is 5.91 Å². The SMILES string of the molecule is CCS(=O)(=O)C1CCN(C(=O)CCc2ccc(F)cc2)CC1. The quantitative estimate of drug-likeness (QED) is 0.833. The molecule has 1 aromatic carbocycles. The number of halogens is 1. The van der Waals surface area contributed by atoms with Crippen molar-refractivity contribution in [3.05, 3.63) is 35.6 Å². The molecule has 0 atom stereocenters. The fourth-order valence-corrected chi connectivity index (χ4v) is 4.16. The zero-order valence-electron chi connectivity index (χ0n) is 12.8. The first-order valence-electron chi connectivity index (χ1n) is 7.66. The third kappa shape index (κ3) is 4.29. The lowest BCUT2D eigenvalue weighted by atomic mass is 10.1. The van der Waals surface area contributed by atoms with Gasteiger partial charge < -0.3 is 4.90 Å². The standard InChI is InChI=1S/C16H22FNO3S/c1-2-22(20,21)15-9-11-18(12-10-15)16(19)8-5-13-3-6-14(17)7-4-13/h3-4,6-7,15H,2,5,8-12H2,1H3. The van der Waals surface area contributed by atoms with Gasteiger partial charge in [-0.15, -0.1) is 0 Å². The van der Waals surface area contributed by atoms with Crippen LogP contribution in [0.5, 0.6) is 0 Å². The Kier molecular flexibility index (Phi) is 5.56. The van der Waals surface area contributed by atoms with E-state index in [0.29, 0.717) is 38.8 Å². The van der Waals surface area contributed by atoms with Gasteiger partial charge in [0, 0.05) is 25.3 Å². The number of piperidine rings is 1. The number of likely N-dealkylation sites (tertiary alicyclic amines) is 1. The number of aryl methyl sites for hydroxylation is 1. The number of hydrogen-bond donors (Lipinski definition) is 0. The molecule has 0 aromatic heterocycles. The summed E-state index contributed by atoms with van der Waals surface area (Å²) in [6.07, 6.45) is 2.00. The average Bonchev–Trinajstić information content (AvgIpc) is 2.54. The van der Waals surface area contributed by atoms with Crippen molar-refractivity contribution in [2.24, 2.45) is 0 Å². The van der Waals surface area contributed by atoms with Crippen LogP contribution in [0.3, 0.4) is 0 Å². The normalized spacial score (nSPS) is 16.7. The van der Waals surface area contributed by atoms with E-state index in [1.54, 1.807) is 24.0 Å². The fourth-order valence-electron chi connectivity index (χ4n) is 2.76. The van der Waals surface area contributed by atoms with Crippen LogP contribution in [-0.4, -0.2) is 43.3 Å². The third-order valence-electron chi connectivity index (χ3n) is 4.25. The molecular weight excluding hydrogens is 305 g/mol. The summed E-state index contributed by atoms with van der Waals surface area (Å²) in [7, 11) is -3.00. The van der Waals surface area contributed by atoms with Crippen molar-refractivity contribution in [1.82, 2.24) is 4.90 Å². The summed E-state index contributed by atoms with van der Waals surface area (Å²) in [5.41, 5.74) is 0.929. The molecule has 0 N–H and O–H groups in total. The summed E-state index contributed by atoms with van der Waals surface area (Å²) in [6.45, 7) is 2.67. The van der Waals surface area contributed by atoms with E-state index in [0.717, 1.165) is 5.56 Å². The lowest BCUT2D eigenvalue weighted by molar-refractivity contribution is -0.132. The zero-order chi connectivity index (χ0) is 16.2. The number of nitrogens with zero attached hydrogens (tertiary/aromatic N) is 1. The van der Waals surface area contributed by atoms with E-state index in [4.69, 9.17) is 0 Å². The molecule has 6 heteroatoms. The van der Waals surface area contributed by atoms with Crippen LogP contribution in [0.25, 0.3) is 0 Å². The molecule has 1 heterocycles. The molecule has 4 nitrogen and oxygen atoms in total. The molecule has 0 radical (unpaired) electrons. The van der Waals surface area contributed by atoms with E-state index in [1.165, 1.54) is 12.1 Å². The number of carbonyl (C=O) groups is 1. The molecule has 1 aliphatic heterocycles. The van der Waals surface area contributed by atoms with Crippen LogP contribution in [0, 0.1) is 5.82 Å². The second-order valence-electron chi connectivity index (χ2n) is 5.66. The Labute approximate surface area is 131 Å². The molecule has 1 saturated heterocycles. The molecule has 0 bridgehead atoms. The minimum absolute atomic E-state index is 0.0386. The maximum absolute atomic E-state index is 12.8. The highest BCUT2D eigenvalue weighted by Crippen LogP contribution is 2.19. The molecule has 0 spiro atoms. The Morgan fingerprint density at radius 2 is 1.82 bits per heavy atom. The smallest absolute Gasteiger partial charge is 0.222 e. The monoisotopic (exact) mass is 327 g/mol. The third-order valence-corrected chi connectivity index (χ3v) is 6.54. The number of hydrogen-bond acceptors (Lipinski definition) is 3. The Morgan fingerprint density at radius 3 is 2.36 bits per heavy atom. The van der Waals surface area contributed by atoms with Crippen molar-refractivity contribution in [1.29, 1.82) is 0 Å². The van der Waals surface area contributed by atoms with Crippen molar-refractivity contribution in [2.75, 3.05) is 18.8 Å². The van der Waals surface area contributed by atoms with Crippen molar-refractivity contribution >= 4 is 15.7 Å². The lowest BCUT2D eigenvalue weighted by Crippen LogP contribution is -2.42. The van der Waals surface area contributed by atoms with Gasteiger partial charge in [-0.25, -0.2) is 12.8 Å². The number of rotatable bonds is 5. The van der Waals surface area contributed by atoms with E-state index in [9.17, 15) is 17.6 Å². The van der Waals surface area contributed by atoms with Gasteiger partial charge in [-0.2, -0.15) is 0 Å². The number of carbonyl (C=O) groups excluding carboxylic acids is 1. The first-order valence-corrected chi connectivity index (χ1v) is 9.37. The highest BCUT2D eigenvalue weighted by atomic mass is 32.2. The van der Waals surface area contributed by atoms with Crippen molar-refractivity contribution in [3.63, 3.8) is 0 Å². The molecule has 122 valence electrons. The topological polar surface area (TPSA) is 54.5 Å². The predicted molar refractivity (Wildman–Crippen MR) is 83.8 cm³/mol. The highest BCUT2D eigenvalue weighted by Gasteiger charge is 2.30. The highest BCUT2D eigenvalue weighted by molar-refractivity contribution is 7.92. The van der Waals surface area contributed by atoms with E-state index < -0.39 is 9.84 Å². The van der Waals surface area contributed by atoms with Gasteiger partial charge in [-0.1, -0.05) is 19.1 Å². The predicted octanol–water partition coefficient (Wildman–Crippen LogP) is 2.18. The Hall–Kier alpha value is -1.43. The summed E-state index contributed by atoms with van der Waals surface area (Å²) < 4.78 is 36.5. The van der Waals surface area contributed by atoms with Gasteiger partial charge in [-0.05, 0) is 37.0 Å². The van der Waals surface area contributed by atoms with E-state index in [1.807, 2.05) is 0 Å². The van der Waals surface area contributed by atoms with Crippen LogP contribution in [-0.2, 0) is 21.1 Å². The minimum atomic E-state index is -3.00. The van der Waals surface area contributed by atoms with Gasteiger partial charge in [0.15, 0.2) is 9.84 Å². The Balaban J connectivity index is 1.81. The first-order chi connectivity index (χ1) is 10.4. The van der Waals surface area contributed by atoms with Gasteiger partial charge in [0.25, 0.3) is 0 Å². The van der Waals surface area contributed by atoms with Gasteiger partial charge in [0.1, 0.15) is 5.82 Å². The first kappa shape index (κ1) is 16.9. The summed E-state index contributed by atoms with van der Waals surface area (Å²) >= 11 is 0. The molecule has 1 aliphatic rings. The van der Waals surface area contributed by atoms with E-state index in [-0.39, 0.29) is 22.7 Å². The molecular formula is C16H22FNO3S. The molecule has 1 aromatic rings. The van der Waals surface area contributed by atoms with Crippen LogP contribution < -0.4 is 0 Å². The van der Waals surface area contributed by atoms with Crippen LogP contribution in [0.4, 0.5) is 4.39 Å². The van der Waals surface area contributed by atoms with Gasteiger partial charge in [0.05, 0.1) is 5.25 Å². The number of sulfone groups is 1.